The summed E-state index contributed by atoms with van der Waals surface area (Å²) in [6, 6.07) is 17.4. The van der Waals surface area contributed by atoms with E-state index in [4.69, 9.17) is 4.74 Å². The van der Waals surface area contributed by atoms with Crippen LogP contribution in [0.1, 0.15) is 44.1 Å². The Morgan fingerprint density at radius 1 is 0.818 bits per heavy atom. The van der Waals surface area contributed by atoms with Crippen molar-refractivity contribution < 1.29 is 4.74 Å². The Kier molecular flexibility index (Phi) is 5.15. The largest absolute Gasteiger partial charge is 0.497 e. The standard InChI is InChI=1S/C21H26O/c1-22-21-15-13-20(14-16-21)19-11-9-18(10-12-19)8-7-17-5-3-2-4-6-17/h9-17H,2-8H2,1H3. The van der Waals surface area contributed by atoms with E-state index in [1.54, 1.807) is 7.11 Å². The normalized spacial score (nSPS) is 15.7. The summed E-state index contributed by atoms with van der Waals surface area (Å²) in [5.74, 6) is 1.88. The Morgan fingerprint density at radius 3 is 2.00 bits per heavy atom. The summed E-state index contributed by atoms with van der Waals surface area (Å²) in [5.41, 5.74) is 4.01. The van der Waals surface area contributed by atoms with Gasteiger partial charge in [-0.25, -0.2) is 0 Å². The Labute approximate surface area is 134 Å². The molecule has 1 fully saturated rings. The van der Waals surface area contributed by atoms with E-state index < -0.39 is 0 Å². The molecule has 0 aromatic heterocycles. The Bertz CT molecular complexity index is 562. The molecule has 2 aromatic rings. The quantitative estimate of drug-likeness (QED) is 0.669. The van der Waals surface area contributed by atoms with Crippen molar-refractivity contribution in [2.45, 2.75) is 44.9 Å². The van der Waals surface area contributed by atoms with E-state index in [0.29, 0.717) is 0 Å². The average Bonchev–Trinajstić information content (AvgIpc) is 2.61. The number of aryl methyl sites for hydroxylation is 1. The molecule has 0 unspecified atom stereocenters. The van der Waals surface area contributed by atoms with Crippen LogP contribution in [0.3, 0.4) is 0 Å². The van der Waals surface area contributed by atoms with Crippen LogP contribution in [0.2, 0.25) is 0 Å². The molecule has 3 rings (SSSR count). The molecular formula is C21H26O. The summed E-state index contributed by atoms with van der Waals surface area (Å²) in [5, 5.41) is 0. The molecule has 0 heterocycles. The third-order valence-electron chi connectivity index (χ3n) is 4.94. The first-order valence-electron chi connectivity index (χ1n) is 8.58. The molecule has 0 amide bonds. The predicted octanol–water partition coefficient (Wildman–Crippen LogP) is 5.88. The van der Waals surface area contributed by atoms with E-state index >= 15 is 0 Å². The molecule has 0 radical (unpaired) electrons. The third kappa shape index (κ3) is 3.91. The molecule has 0 spiro atoms. The smallest absolute Gasteiger partial charge is 0.118 e. The minimum atomic E-state index is 0.910. The number of ether oxygens (including phenoxy) is 1. The zero-order valence-electron chi connectivity index (χ0n) is 13.6. The van der Waals surface area contributed by atoms with Crippen molar-refractivity contribution in [2.24, 2.45) is 5.92 Å². The van der Waals surface area contributed by atoms with E-state index in [1.165, 1.54) is 61.6 Å². The monoisotopic (exact) mass is 294 g/mol. The highest BCUT2D eigenvalue weighted by Crippen LogP contribution is 2.28. The van der Waals surface area contributed by atoms with Gasteiger partial charge in [-0.3, -0.25) is 0 Å². The highest BCUT2D eigenvalue weighted by atomic mass is 16.5. The maximum Gasteiger partial charge on any atom is 0.118 e. The van der Waals surface area contributed by atoms with Crippen molar-refractivity contribution in [1.82, 2.24) is 0 Å². The van der Waals surface area contributed by atoms with Crippen LogP contribution in [0.5, 0.6) is 5.75 Å². The lowest BCUT2D eigenvalue weighted by Gasteiger charge is -2.21. The molecule has 2 aromatic carbocycles. The number of rotatable bonds is 5. The summed E-state index contributed by atoms with van der Waals surface area (Å²) in [7, 11) is 1.70. The first-order valence-corrected chi connectivity index (χ1v) is 8.58. The zero-order valence-corrected chi connectivity index (χ0v) is 13.6. The topological polar surface area (TPSA) is 9.23 Å². The second-order valence-electron chi connectivity index (χ2n) is 6.47. The molecule has 22 heavy (non-hydrogen) atoms. The van der Waals surface area contributed by atoms with Gasteiger partial charge in [-0.2, -0.15) is 0 Å². The van der Waals surface area contributed by atoms with Crippen LogP contribution in [0.25, 0.3) is 11.1 Å². The van der Waals surface area contributed by atoms with Crippen molar-refractivity contribution >= 4 is 0 Å². The van der Waals surface area contributed by atoms with Crippen LogP contribution in [0, 0.1) is 5.92 Å². The molecule has 0 saturated heterocycles. The maximum absolute atomic E-state index is 5.21. The molecule has 116 valence electrons. The number of benzene rings is 2. The lowest BCUT2D eigenvalue weighted by atomic mass is 9.85. The van der Waals surface area contributed by atoms with E-state index in [0.717, 1.165) is 11.7 Å². The molecule has 0 aliphatic heterocycles. The Hall–Kier alpha value is -1.76. The van der Waals surface area contributed by atoms with Gasteiger partial charge in [0.15, 0.2) is 0 Å². The molecule has 1 saturated carbocycles. The van der Waals surface area contributed by atoms with Gasteiger partial charge in [-0.05, 0) is 47.6 Å². The second kappa shape index (κ2) is 7.49. The van der Waals surface area contributed by atoms with Crippen LogP contribution in [0.15, 0.2) is 48.5 Å². The third-order valence-corrected chi connectivity index (χ3v) is 4.94. The number of hydrogen-bond donors (Lipinski definition) is 0. The van der Waals surface area contributed by atoms with E-state index in [2.05, 4.69) is 36.4 Å². The van der Waals surface area contributed by atoms with Gasteiger partial charge in [0.05, 0.1) is 7.11 Å². The Morgan fingerprint density at radius 2 is 1.41 bits per heavy atom. The highest BCUT2D eigenvalue weighted by Gasteiger charge is 2.12. The lowest BCUT2D eigenvalue weighted by Crippen LogP contribution is -2.07. The van der Waals surface area contributed by atoms with Gasteiger partial charge in [-0.1, -0.05) is 68.5 Å². The van der Waals surface area contributed by atoms with Gasteiger partial charge < -0.3 is 4.74 Å². The first-order chi connectivity index (χ1) is 10.8. The molecule has 0 atom stereocenters. The fraction of sp³-hybridized carbons (Fsp3) is 0.429. The second-order valence-corrected chi connectivity index (χ2v) is 6.47. The van der Waals surface area contributed by atoms with Crippen molar-refractivity contribution in [3.8, 4) is 16.9 Å². The van der Waals surface area contributed by atoms with Gasteiger partial charge in [0.25, 0.3) is 0 Å². The van der Waals surface area contributed by atoms with Crippen LogP contribution in [-0.2, 0) is 6.42 Å². The predicted molar refractivity (Wildman–Crippen MR) is 93.3 cm³/mol. The van der Waals surface area contributed by atoms with Crippen molar-refractivity contribution in [1.29, 1.82) is 0 Å². The van der Waals surface area contributed by atoms with Gasteiger partial charge in [-0.15, -0.1) is 0 Å². The molecule has 0 N–H and O–H groups in total. The summed E-state index contributed by atoms with van der Waals surface area (Å²) in [6.07, 6.45) is 9.83. The van der Waals surface area contributed by atoms with E-state index in [1.807, 2.05) is 12.1 Å². The zero-order chi connectivity index (χ0) is 15.2. The summed E-state index contributed by atoms with van der Waals surface area (Å²) >= 11 is 0. The summed E-state index contributed by atoms with van der Waals surface area (Å²) in [4.78, 5) is 0. The minimum Gasteiger partial charge on any atom is -0.497 e. The van der Waals surface area contributed by atoms with Crippen LogP contribution < -0.4 is 4.74 Å². The number of hydrogen-bond acceptors (Lipinski definition) is 1. The van der Waals surface area contributed by atoms with E-state index in [9.17, 15) is 0 Å². The summed E-state index contributed by atoms with van der Waals surface area (Å²) < 4.78 is 5.21. The SMILES string of the molecule is COc1ccc(-c2ccc(CCC3CCCCC3)cc2)cc1. The maximum atomic E-state index is 5.21. The van der Waals surface area contributed by atoms with Crippen molar-refractivity contribution in [3.05, 3.63) is 54.1 Å². The number of methoxy groups -OCH3 is 1. The van der Waals surface area contributed by atoms with Gasteiger partial charge in [0.2, 0.25) is 0 Å². The molecule has 0 bridgehead atoms. The average molecular weight is 294 g/mol. The van der Waals surface area contributed by atoms with Gasteiger partial charge in [0, 0.05) is 0 Å². The molecule has 1 aliphatic carbocycles. The van der Waals surface area contributed by atoms with Gasteiger partial charge in [0.1, 0.15) is 5.75 Å². The van der Waals surface area contributed by atoms with Crippen molar-refractivity contribution in [2.75, 3.05) is 7.11 Å². The Balaban J connectivity index is 1.59. The van der Waals surface area contributed by atoms with Crippen LogP contribution in [-0.4, -0.2) is 7.11 Å². The van der Waals surface area contributed by atoms with Crippen molar-refractivity contribution in [3.63, 3.8) is 0 Å². The highest BCUT2D eigenvalue weighted by molar-refractivity contribution is 5.64. The lowest BCUT2D eigenvalue weighted by molar-refractivity contribution is 0.339. The molecule has 1 nitrogen and oxygen atoms in total. The fourth-order valence-electron chi connectivity index (χ4n) is 3.49. The molecule has 1 heteroatoms. The fourth-order valence-corrected chi connectivity index (χ4v) is 3.49. The van der Waals surface area contributed by atoms with E-state index in [-0.39, 0.29) is 0 Å². The minimum absolute atomic E-state index is 0.910. The molecule has 1 aliphatic rings. The van der Waals surface area contributed by atoms with Crippen LogP contribution >= 0.6 is 0 Å². The van der Waals surface area contributed by atoms with Gasteiger partial charge >= 0.3 is 0 Å². The van der Waals surface area contributed by atoms with Crippen LogP contribution in [0.4, 0.5) is 0 Å². The summed E-state index contributed by atoms with van der Waals surface area (Å²) in [6.45, 7) is 0. The first kappa shape index (κ1) is 15.1. The molecular weight excluding hydrogens is 268 g/mol.